The largest absolute Gasteiger partial charge is 0.573 e. The van der Waals surface area contributed by atoms with Gasteiger partial charge >= 0.3 is 6.36 Å². The second-order valence-corrected chi connectivity index (χ2v) is 5.25. The summed E-state index contributed by atoms with van der Waals surface area (Å²) in [5, 5.41) is 6.12. The van der Waals surface area contributed by atoms with Gasteiger partial charge in [-0.3, -0.25) is 4.79 Å². The molecule has 0 spiro atoms. The molecule has 1 fully saturated rings. The molecule has 1 aromatic rings. The second-order valence-electron chi connectivity index (χ2n) is 5.25. The number of hydrogen-bond donors (Lipinski definition) is 2. The molecule has 1 amide bonds. The first-order chi connectivity index (χ1) is 10.4. The molecule has 0 aromatic heterocycles. The number of carbonyl (C=O) groups is 1. The van der Waals surface area contributed by atoms with E-state index in [0.29, 0.717) is 5.56 Å². The molecule has 2 N–H and O–H groups in total. The molecule has 0 bridgehead atoms. The van der Waals surface area contributed by atoms with Crippen LogP contribution in [0.3, 0.4) is 0 Å². The van der Waals surface area contributed by atoms with Crippen LogP contribution in [0, 0.1) is 0 Å². The van der Waals surface area contributed by atoms with Crippen molar-refractivity contribution >= 4 is 5.91 Å². The minimum atomic E-state index is -4.73. The van der Waals surface area contributed by atoms with E-state index in [4.69, 9.17) is 0 Å². The molecule has 1 saturated heterocycles. The zero-order valence-electron chi connectivity index (χ0n) is 12.1. The Balaban J connectivity index is 1.86. The molecule has 1 aliphatic heterocycles. The first-order valence-electron chi connectivity index (χ1n) is 7.28. The Morgan fingerprint density at radius 2 is 1.95 bits per heavy atom. The molecular formula is C15H19F3N2O2. The fourth-order valence-corrected chi connectivity index (χ4v) is 2.45. The van der Waals surface area contributed by atoms with Crippen LogP contribution >= 0.6 is 0 Å². The Hall–Kier alpha value is -1.76. The fraction of sp³-hybridized carbons (Fsp3) is 0.533. The zero-order chi connectivity index (χ0) is 16.0. The highest BCUT2D eigenvalue weighted by molar-refractivity contribution is 5.76. The zero-order valence-corrected chi connectivity index (χ0v) is 12.1. The van der Waals surface area contributed by atoms with Gasteiger partial charge < -0.3 is 15.4 Å². The van der Waals surface area contributed by atoms with Gasteiger partial charge in [0.1, 0.15) is 5.75 Å². The van der Waals surface area contributed by atoms with Crippen LogP contribution in [0.4, 0.5) is 13.2 Å². The van der Waals surface area contributed by atoms with E-state index < -0.39 is 6.36 Å². The number of rotatable bonds is 5. The molecule has 7 heteroatoms. The maximum atomic E-state index is 12.3. The number of piperidine rings is 1. The fourth-order valence-electron chi connectivity index (χ4n) is 2.45. The lowest BCUT2D eigenvalue weighted by molar-refractivity contribution is -0.274. The van der Waals surface area contributed by atoms with Crippen molar-refractivity contribution in [3.63, 3.8) is 0 Å². The summed E-state index contributed by atoms with van der Waals surface area (Å²) in [7, 11) is 0. The van der Waals surface area contributed by atoms with Crippen LogP contribution in [0.5, 0.6) is 5.75 Å². The highest BCUT2D eigenvalue weighted by atomic mass is 19.4. The minimum Gasteiger partial charge on any atom is -0.406 e. The average Bonchev–Trinajstić information content (AvgIpc) is 2.46. The van der Waals surface area contributed by atoms with Crippen molar-refractivity contribution < 1.29 is 22.7 Å². The number of ether oxygens (including phenoxy) is 1. The standard InChI is InChI=1S/C15H19F3N2O2/c16-15(17,18)22-13-4-2-1-3-11(13)5-6-14(21)20-12-7-9-19-10-8-12/h1-4,12,19H,5-10H2,(H,20,21). The predicted octanol–water partition coefficient (Wildman–Crippen LogP) is 2.39. The summed E-state index contributed by atoms with van der Waals surface area (Å²) in [6, 6.07) is 6.05. The van der Waals surface area contributed by atoms with Crippen LogP contribution in [0.15, 0.2) is 24.3 Å². The van der Waals surface area contributed by atoms with Crippen molar-refractivity contribution in [2.75, 3.05) is 13.1 Å². The number of nitrogens with one attached hydrogen (secondary N) is 2. The Labute approximate surface area is 127 Å². The number of halogens is 3. The van der Waals surface area contributed by atoms with Gasteiger partial charge in [-0.05, 0) is 44.0 Å². The third-order valence-corrected chi connectivity index (χ3v) is 3.52. The lowest BCUT2D eigenvalue weighted by atomic mass is 10.1. The van der Waals surface area contributed by atoms with Crippen LogP contribution < -0.4 is 15.4 Å². The first kappa shape index (κ1) is 16.6. The number of amides is 1. The van der Waals surface area contributed by atoms with E-state index in [9.17, 15) is 18.0 Å². The van der Waals surface area contributed by atoms with Gasteiger partial charge in [0.15, 0.2) is 0 Å². The second kappa shape index (κ2) is 7.49. The van der Waals surface area contributed by atoms with Crippen molar-refractivity contribution in [1.29, 1.82) is 0 Å². The Bertz CT molecular complexity index is 500. The minimum absolute atomic E-state index is 0.141. The Morgan fingerprint density at radius 1 is 1.27 bits per heavy atom. The summed E-state index contributed by atoms with van der Waals surface area (Å²) in [6.07, 6.45) is -2.63. The number of para-hydroxylation sites is 1. The molecule has 1 aliphatic rings. The average molecular weight is 316 g/mol. The third-order valence-electron chi connectivity index (χ3n) is 3.52. The summed E-state index contributed by atoms with van der Waals surface area (Å²) in [5.41, 5.74) is 0.375. The summed E-state index contributed by atoms with van der Waals surface area (Å²) >= 11 is 0. The van der Waals surface area contributed by atoms with Gasteiger partial charge in [-0.1, -0.05) is 18.2 Å². The quantitative estimate of drug-likeness (QED) is 0.877. The lowest BCUT2D eigenvalue weighted by Crippen LogP contribution is -2.42. The molecule has 1 heterocycles. The Morgan fingerprint density at radius 3 is 2.64 bits per heavy atom. The van der Waals surface area contributed by atoms with Crippen molar-refractivity contribution in [2.24, 2.45) is 0 Å². The van der Waals surface area contributed by atoms with Crippen molar-refractivity contribution in [2.45, 2.75) is 38.1 Å². The van der Waals surface area contributed by atoms with Crippen LogP contribution in [-0.4, -0.2) is 31.4 Å². The van der Waals surface area contributed by atoms with Crippen LogP contribution in [0.25, 0.3) is 0 Å². The van der Waals surface area contributed by atoms with E-state index in [0.717, 1.165) is 25.9 Å². The molecular weight excluding hydrogens is 297 g/mol. The van der Waals surface area contributed by atoms with Crippen molar-refractivity contribution in [3.05, 3.63) is 29.8 Å². The summed E-state index contributed by atoms with van der Waals surface area (Å²) in [5.74, 6) is -0.390. The lowest BCUT2D eigenvalue weighted by Gasteiger charge is -2.23. The van der Waals surface area contributed by atoms with Gasteiger partial charge in [-0.2, -0.15) is 0 Å². The third kappa shape index (κ3) is 5.55. The van der Waals surface area contributed by atoms with Gasteiger partial charge in [0, 0.05) is 12.5 Å². The van der Waals surface area contributed by atoms with Crippen molar-refractivity contribution in [3.8, 4) is 5.75 Å². The van der Waals surface area contributed by atoms with E-state index in [1.54, 1.807) is 12.1 Å². The number of benzene rings is 1. The summed E-state index contributed by atoms with van der Waals surface area (Å²) < 4.78 is 40.9. The normalized spacial score (nSPS) is 16.3. The smallest absolute Gasteiger partial charge is 0.406 e. The SMILES string of the molecule is O=C(CCc1ccccc1OC(F)(F)F)NC1CCNCC1. The Kier molecular flexibility index (Phi) is 5.65. The molecule has 0 aliphatic carbocycles. The maximum absolute atomic E-state index is 12.3. The van der Waals surface area contributed by atoms with E-state index in [1.165, 1.54) is 12.1 Å². The number of carbonyl (C=O) groups excluding carboxylic acids is 1. The van der Waals surface area contributed by atoms with E-state index in [1.807, 2.05) is 0 Å². The topological polar surface area (TPSA) is 50.4 Å². The monoisotopic (exact) mass is 316 g/mol. The van der Waals surface area contributed by atoms with Gasteiger partial charge in [0.05, 0.1) is 0 Å². The van der Waals surface area contributed by atoms with Gasteiger partial charge in [0.25, 0.3) is 0 Å². The molecule has 2 rings (SSSR count). The summed E-state index contributed by atoms with van der Waals surface area (Å²) in [6.45, 7) is 1.74. The number of aryl methyl sites for hydroxylation is 1. The molecule has 0 saturated carbocycles. The summed E-state index contributed by atoms with van der Waals surface area (Å²) in [4.78, 5) is 11.9. The molecule has 0 atom stereocenters. The van der Waals surface area contributed by atoms with E-state index in [-0.39, 0.29) is 30.5 Å². The van der Waals surface area contributed by atoms with Crippen molar-refractivity contribution in [1.82, 2.24) is 10.6 Å². The van der Waals surface area contributed by atoms with E-state index >= 15 is 0 Å². The number of hydrogen-bond acceptors (Lipinski definition) is 3. The van der Waals surface area contributed by atoms with Gasteiger partial charge in [-0.15, -0.1) is 13.2 Å². The molecule has 122 valence electrons. The predicted molar refractivity (Wildman–Crippen MR) is 75.5 cm³/mol. The van der Waals surface area contributed by atoms with Gasteiger partial charge in [0.2, 0.25) is 5.91 Å². The molecule has 1 aromatic carbocycles. The molecule has 0 unspecified atom stereocenters. The van der Waals surface area contributed by atoms with Crippen LogP contribution in [0.1, 0.15) is 24.8 Å². The first-order valence-corrected chi connectivity index (χ1v) is 7.28. The van der Waals surface area contributed by atoms with Crippen LogP contribution in [0.2, 0.25) is 0 Å². The van der Waals surface area contributed by atoms with Gasteiger partial charge in [-0.25, -0.2) is 0 Å². The molecule has 22 heavy (non-hydrogen) atoms. The van der Waals surface area contributed by atoms with E-state index in [2.05, 4.69) is 15.4 Å². The van der Waals surface area contributed by atoms with Crippen LogP contribution in [-0.2, 0) is 11.2 Å². The maximum Gasteiger partial charge on any atom is 0.573 e. The highest BCUT2D eigenvalue weighted by Crippen LogP contribution is 2.26. The number of alkyl halides is 3. The highest BCUT2D eigenvalue weighted by Gasteiger charge is 2.32. The molecule has 0 radical (unpaired) electrons. The molecule has 4 nitrogen and oxygen atoms in total.